The Hall–Kier alpha value is -2.36. The molecular weight excluding hydrogens is 275 g/mol. The highest BCUT2D eigenvalue weighted by Gasteiger charge is 2.30. The first-order valence-corrected chi connectivity index (χ1v) is 6.53. The summed E-state index contributed by atoms with van der Waals surface area (Å²) in [5.74, 6) is 0. The van der Waals surface area contributed by atoms with Crippen LogP contribution in [0.3, 0.4) is 0 Å². The molecule has 3 rings (SSSR count). The number of hydrogen-bond acceptors (Lipinski definition) is 1. The molecule has 1 heterocycles. The van der Waals surface area contributed by atoms with Crippen molar-refractivity contribution in [2.75, 3.05) is 0 Å². The number of benzene rings is 2. The van der Waals surface area contributed by atoms with E-state index in [1.807, 2.05) is 30.3 Å². The standard InChI is InChI=1S/C17H12F3N/c18-17(19,20)14-6-3-4-12(10-14)11-16-15-7-2-1-5-13(15)8-9-21-16/h1-10H,11H2. The molecule has 1 nitrogen and oxygen atoms in total. The van der Waals surface area contributed by atoms with Crippen molar-refractivity contribution in [1.29, 1.82) is 0 Å². The van der Waals surface area contributed by atoms with Crippen LogP contribution in [0.4, 0.5) is 13.2 Å². The van der Waals surface area contributed by atoms with E-state index in [4.69, 9.17) is 0 Å². The molecule has 0 bridgehead atoms. The summed E-state index contributed by atoms with van der Waals surface area (Å²) in [5.41, 5.74) is 0.765. The Bertz CT molecular complexity index is 773. The Morgan fingerprint density at radius 2 is 1.71 bits per heavy atom. The van der Waals surface area contributed by atoms with Crippen LogP contribution in [-0.4, -0.2) is 4.98 Å². The van der Waals surface area contributed by atoms with Gasteiger partial charge in [0.25, 0.3) is 0 Å². The van der Waals surface area contributed by atoms with E-state index < -0.39 is 11.7 Å². The van der Waals surface area contributed by atoms with E-state index in [0.717, 1.165) is 22.5 Å². The molecule has 0 spiro atoms. The summed E-state index contributed by atoms with van der Waals surface area (Å²) in [6.45, 7) is 0. The molecule has 21 heavy (non-hydrogen) atoms. The van der Waals surface area contributed by atoms with Crippen molar-refractivity contribution < 1.29 is 13.2 Å². The molecule has 106 valence electrons. The third-order valence-electron chi connectivity index (χ3n) is 3.38. The normalized spacial score (nSPS) is 11.8. The average Bonchev–Trinajstić information content (AvgIpc) is 2.47. The van der Waals surface area contributed by atoms with E-state index in [0.29, 0.717) is 12.0 Å². The second kappa shape index (κ2) is 5.20. The summed E-state index contributed by atoms with van der Waals surface area (Å²) in [5, 5.41) is 2.01. The quantitative estimate of drug-likeness (QED) is 0.657. The molecule has 2 aromatic carbocycles. The number of aromatic nitrogens is 1. The lowest BCUT2D eigenvalue weighted by Crippen LogP contribution is -2.05. The van der Waals surface area contributed by atoms with Gasteiger partial charge in [-0.15, -0.1) is 0 Å². The second-order valence-electron chi connectivity index (χ2n) is 4.85. The van der Waals surface area contributed by atoms with Crippen molar-refractivity contribution in [3.05, 3.63) is 77.6 Å². The molecule has 0 radical (unpaired) electrons. The van der Waals surface area contributed by atoms with Crippen molar-refractivity contribution in [3.8, 4) is 0 Å². The Kier molecular flexibility index (Phi) is 3.37. The van der Waals surface area contributed by atoms with Gasteiger partial charge in [-0.2, -0.15) is 13.2 Å². The highest BCUT2D eigenvalue weighted by molar-refractivity contribution is 5.84. The molecule has 3 aromatic rings. The Balaban J connectivity index is 1.99. The number of pyridine rings is 1. The zero-order chi connectivity index (χ0) is 14.9. The number of fused-ring (bicyclic) bond motifs is 1. The molecule has 0 N–H and O–H groups in total. The molecule has 0 aliphatic rings. The summed E-state index contributed by atoms with van der Waals surface area (Å²) >= 11 is 0. The molecule has 4 heteroatoms. The van der Waals surface area contributed by atoms with Crippen molar-refractivity contribution in [3.63, 3.8) is 0 Å². The van der Waals surface area contributed by atoms with Crippen LogP contribution >= 0.6 is 0 Å². The van der Waals surface area contributed by atoms with Gasteiger partial charge >= 0.3 is 6.18 Å². The third-order valence-corrected chi connectivity index (χ3v) is 3.38. The largest absolute Gasteiger partial charge is 0.416 e. The molecule has 0 amide bonds. The van der Waals surface area contributed by atoms with E-state index in [2.05, 4.69) is 4.98 Å². The van der Waals surface area contributed by atoms with Crippen LogP contribution in [0.1, 0.15) is 16.8 Å². The Morgan fingerprint density at radius 1 is 0.905 bits per heavy atom. The molecule has 0 saturated heterocycles. The highest BCUT2D eigenvalue weighted by Crippen LogP contribution is 2.30. The molecule has 1 aromatic heterocycles. The first-order chi connectivity index (χ1) is 10.0. The fraction of sp³-hybridized carbons (Fsp3) is 0.118. The lowest BCUT2D eigenvalue weighted by atomic mass is 10.0. The molecule has 0 atom stereocenters. The van der Waals surface area contributed by atoms with Crippen molar-refractivity contribution in [2.45, 2.75) is 12.6 Å². The van der Waals surface area contributed by atoms with Gasteiger partial charge < -0.3 is 0 Å². The fourth-order valence-corrected chi connectivity index (χ4v) is 2.37. The maximum absolute atomic E-state index is 12.7. The van der Waals surface area contributed by atoms with E-state index in [1.165, 1.54) is 12.1 Å². The van der Waals surface area contributed by atoms with Crippen LogP contribution in [0.15, 0.2) is 60.8 Å². The smallest absolute Gasteiger partial charge is 0.260 e. The Labute approximate surface area is 120 Å². The fourth-order valence-electron chi connectivity index (χ4n) is 2.37. The average molecular weight is 287 g/mol. The molecule has 0 unspecified atom stereocenters. The SMILES string of the molecule is FC(F)(F)c1cccc(Cc2nccc3ccccc23)c1. The number of nitrogens with zero attached hydrogens (tertiary/aromatic N) is 1. The minimum absolute atomic E-state index is 0.380. The zero-order valence-electron chi connectivity index (χ0n) is 11.1. The van der Waals surface area contributed by atoms with Gasteiger partial charge in [0.2, 0.25) is 0 Å². The van der Waals surface area contributed by atoms with Gasteiger partial charge in [0.05, 0.1) is 11.3 Å². The van der Waals surface area contributed by atoms with Crippen LogP contribution in [0.25, 0.3) is 10.8 Å². The lowest BCUT2D eigenvalue weighted by Gasteiger charge is -2.09. The number of alkyl halides is 3. The first-order valence-electron chi connectivity index (χ1n) is 6.53. The number of rotatable bonds is 2. The minimum atomic E-state index is -4.32. The van der Waals surface area contributed by atoms with Gasteiger partial charge in [0, 0.05) is 18.0 Å². The predicted octanol–water partition coefficient (Wildman–Crippen LogP) is 4.84. The van der Waals surface area contributed by atoms with Crippen molar-refractivity contribution in [2.24, 2.45) is 0 Å². The lowest BCUT2D eigenvalue weighted by molar-refractivity contribution is -0.137. The summed E-state index contributed by atoms with van der Waals surface area (Å²) < 4.78 is 38.2. The molecule has 0 fully saturated rings. The second-order valence-corrected chi connectivity index (χ2v) is 4.85. The van der Waals surface area contributed by atoms with Gasteiger partial charge in [0.15, 0.2) is 0 Å². The Morgan fingerprint density at radius 3 is 2.52 bits per heavy atom. The van der Waals surface area contributed by atoms with Gasteiger partial charge in [-0.3, -0.25) is 4.98 Å². The van der Waals surface area contributed by atoms with Crippen LogP contribution < -0.4 is 0 Å². The monoisotopic (exact) mass is 287 g/mol. The molecule has 0 aliphatic carbocycles. The van der Waals surface area contributed by atoms with E-state index in [-0.39, 0.29) is 0 Å². The van der Waals surface area contributed by atoms with E-state index in [1.54, 1.807) is 12.3 Å². The maximum atomic E-state index is 12.7. The van der Waals surface area contributed by atoms with Gasteiger partial charge in [-0.1, -0.05) is 42.5 Å². The minimum Gasteiger partial charge on any atom is -0.260 e. The van der Waals surface area contributed by atoms with Crippen molar-refractivity contribution in [1.82, 2.24) is 4.98 Å². The summed E-state index contributed by atoms with van der Waals surface area (Å²) in [4.78, 5) is 4.31. The predicted molar refractivity (Wildman–Crippen MR) is 76.0 cm³/mol. The van der Waals surface area contributed by atoms with Crippen molar-refractivity contribution >= 4 is 10.8 Å². The van der Waals surface area contributed by atoms with E-state index in [9.17, 15) is 13.2 Å². The molecule has 0 aliphatic heterocycles. The molecule has 0 saturated carbocycles. The summed E-state index contributed by atoms with van der Waals surface area (Å²) in [7, 11) is 0. The van der Waals surface area contributed by atoms with Crippen LogP contribution in [0.2, 0.25) is 0 Å². The number of hydrogen-bond donors (Lipinski definition) is 0. The highest BCUT2D eigenvalue weighted by atomic mass is 19.4. The van der Waals surface area contributed by atoms with E-state index >= 15 is 0 Å². The first kappa shape index (κ1) is 13.6. The van der Waals surface area contributed by atoms with Gasteiger partial charge in [-0.25, -0.2) is 0 Å². The van der Waals surface area contributed by atoms with Crippen LogP contribution in [-0.2, 0) is 12.6 Å². The topological polar surface area (TPSA) is 12.9 Å². The third kappa shape index (κ3) is 2.89. The summed E-state index contributed by atoms with van der Waals surface area (Å²) in [6, 6.07) is 15.0. The van der Waals surface area contributed by atoms with Crippen LogP contribution in [0.5, 0.6) is 0 Å². The zero-order valence-corrected chi connectivity index (χ0v) is 11.1. The molecular formula is C17H12F3N. The summed E-state index contributed by atoms with van der Waals surface area (Å²) in [6.07, 6.45) is -2.25. The van der Waals surface area contributed by atoms with Crippen LogP contribution in [0, 0.1) is 0 Å². The van der Waals surface area contributed by atoms with Gasteiger partial charge in [-0.05, 0) is 23.1 Å². The van der Waals surface area contributed by atoms with Gasteiger partial charge in [0.1, 0.15) is 0 Å². The maximum Gasteiger partial charge on any atom is 0.416 e. The number of halogens is 3.